The molecule has 0 saturated heterocycles. The van der Waals surface area contributed by atoms with E-state index in [1.165, 1.54) is 10.8 Å². The van der Waals surface area contributed by atoms with Crippen molar-refractivity contribution in [2.24, 2.45) is 0 Å². The highest BCUT2D eigenvalue weighted by Crippen LogP contribution is 2.27. The molecule has 2 heterocycles. The summed E-state index contributed by atoms with van der Waals surface area (Å²) in [5.74, 6) is 0. The maximum absolute atomic E-state index is 4.90. The third kappa shape index (κ3) is 2.88. The van der Waals surface area contributed by atoms with Gasteiger partial charge in [0, 0.05) is 16.5 Å². The van der Waals surface area contributed by atoms with E-state index in [4.69, 9.17) is 9.97 Å². The third-order valence-electron chi connectivity index (χ3n) is 5.48. The van der Waals surface area contributed by atoms with E-state index in [0.29, 0.717) is 0 Å². The van der Waals surface area contributed by atoms with Gasteiger partial charge in [-0.15, -0.1) is 0 Å². The van der Waals surface area contributed by atoms with Gasteiger partial charge in [-0.1, -0.05) is 60.7 Å². The van der Waals surface area contributed by atoms with E-state index < -0.39 is 0 Å². The van der Waals surface area contributed by atoms with Crippen LogP contribution in [0.3, 0.4) is 0 Å². The van der Waals surface area contributed by atoms with E-state index in [2.05, 4.69) is 77.8 Å². The minimum absolute atomic E-state index is 0.870. The van der Waals surface area contributed by atoms with Crippen molar-refractivity contribution in [1.29, 1.82) is 0 Å². The van der Waals surface area contributed by atoms with E-state index in [0.717, 1.165) is 44.5 Å². The molecule has 2 aromatic heterocycles. The molecule has 6 rings (SSSR count). The monoisotopic (exact) mass is 383 g/mol. The first-order chi connectivity index (χ1) is 14.8. The molecule has 0 aliphatic rings. The first-order valence-corrected chi connectivity index (χ1v) is 9.96. The highest BCUT2D eigenvalue weighted by atomic mass is 14.8. The smallest absolute Gasteiger partial charge is 0.0894 e. The van der Waals surface area contributed by atoms with Crippen molar-refractivity contribution in [3.05, 3.63) is 103 Å². The Balaban J connectivity index is 1.41. The van der Waals surface area contributed by atoms with Crippen molar-refractivity contribution in [2.45, 2.75) is 0 Å². The van der Waals surface area contributed by atoms with E-state index in [9.17, 15) is 0 Å². The first-order valence-electron chi connectivity index (χ1n) is 9.96. The number of hydrogen-bond donors (Lipinski definition) is 0. The van der Waals surface area contributed by atoms with E-state index >= 15 is 0 Å². The van der Waals surface area contributed by atoms with Gasteiger partial charge < -0.3 is 0 Å². The van der Waals surface area contributed by atoms with Gasteiger partial charge in [-0.05, 0) is 47.2 Å². The van der Waals surface area contributed by atoms with E-state index in [1.54, 1.807) is 0 Å². The fourth-order valence-electron chi connectivity index (χ4n) is 3.89. The maximum atomic E-state index is 4.90. The van der Waals surface area contributed by atoms with Gasteiger partial charge in [-0.25, -0.2) is 9.97 Å². The molecular formula is C27H17N3. The number of benzene rings is 4. The van der Waals surface area contributed by atoms with Crippen LogP contribution >= 0.6 is 0 Å². The van der Waals surface area contributed by atoms with Crippen molar-refractivity contribution in [2.75, 3.05) is 0 Å². The van der Waals surface area contributed by atoms with Gasteiger partial charge in [-0.2, -0.15) is 0 Å². The maximum Gasteiger partial charge on any atom is 0.0894 e. The number of pyridine rings is 1. The summed E-state index contributed by atoms with van der Waals surface area (Å²) in [5, 5.41) is 3.55. The Morgan fingerprint density at radius 2 is 1.10 bits per heavy atom. The summed E-state index contributed by atoms with van der Waals surface area (Å²) in [7, 11) is 0. The standard InChI is InChI=1S/C27H17N3/c1-2-6-19-15-20(10-9-18(19)5-1)23-13-11-21-16-22(12-14-24(21)29-23)27-17-28-25-7-3-4-8-26(25)30-27/h1-17H. The van der Waals surface area contributed by atoms with Gasteiger partial charge in [0.05, 0.1) is 34.1 Å². The molecule has 0 bridgehead atoms. The lowest BCUT2D eigenvalue weighted by Crippen LogP contribution is -1.90. The van der Waals surface area contributed by atoms with Crippen molar-refractivity contribution >= 4 is 32.7 Å². The predicted molar refractivity (Wildman–Crippen MR) is 123 cm³/mol. The van der Waals surface area contributed by atoms with Gasteiger partial charge in [0.2, 0.25) is 0 Å². The lowest BCUT2D eigenvalue weighted by Gasteiger charge is -2.07. The van der Waals surface area contributed by atoms with Crippen LogP contribution < -0.4 is 0 Å². The average Bonchev–Trinajstić information content (AvgIpc) is 2.83. The normalized spacial score (nSPS) is 11.3. The van der Waals surface area contributed by atoms with Crippen LogP contribution in [0.2, 0.25) is 0 Å². The molecule has 0 saturated carbocycles. The molecule has 0 aliphatic heterocycles. The fraction of sp³-hybridized carbons (Fsp3) is 0. The third-order valence-corrected chi connectivity index (χ3v) is 5.48. The van der Waals surface area contributed by atoms with Crippen LogP contribution in [0.5, 0.6) is 0 Å². The molecule has 0 N–H and O–H groups in total. The Kier molecular flexibility index (Phi) is 3.78. The molecular weight excluding hydrogens is 366 g/mol. The summed E-state index contributed by atoms with van der Waals surface area (Å²) in [6.45, 7) is 0. The van der Waals surface area contributed by atoms with Crippen molar-refractivity contribution in [3.63, 3.8) is 0 Å². The molecule has 6 aromatic rings. The van der Waals surface area contributed by atoms with Gasteiger partial charge >= 0.3 is 0 Å². The Bertz CT molecular complexity index is 1430. The molecule has 0 fully saturated rings. The van der Waals surface area contributed by atoms with Crippen LogP contribution in [-0.4, -0.2) is 15.0 Å². The molecule has 0 aliphatic carbocycles. The summed E-state index contributed by atoms with van der Waals surface area (Å²) in [4.78, 5) is 14.2. The quantitative estimate of drug-likeness (QED) is 0.335. The second-order valence-electron chi connectivity index (χ2n) is 7.41. The summed E-state index contributed by atoms with van der Waals surface area (Å²) >= 11 is 0. The lowest BCUT2D eigenvalue weighted by atomic mass is 10.0. The first kappa shape index (κ1) is 16.8. The van der Waals surface area contributed by atoms with Crippen molar-refractivity contribution in [1.82, 2.24) is 15.0 Å². The summed E-state index contributed by atoms with van der Waals surface area (Å²) < 4.78 is 0. The SMILES string of the molecule is c1ccc2cc(-c3ccc4cc(-c5cnc6ccccc6n5)ccc4n3)ccc2c1. The van der Waals surface area contributed by atoms with Crippen LogP contribution in [0.1, 0.15) is 0 Å². The Labute approximate surface area is 173 Å². The Hall–Kier alpha value is -4.11. The van der Waals surface area contributed by atoms with Crippen LogP contribution in [0.25, 0.3) is 55.2 Å². The minimum Gasteiger partial charge on any atom is -0.252 e. The number of rotatable bonds is 2. The molecule has 30 heavy (non-hydrogen) atoms. The van der Waals surface area contributed by atoms with Crippen molar-refractivity contribution < 1.29 is 0 Å². The number of fused-ring (bicyclic) bond motifs is 3. The summed E-state index contributed by atoms with van der Waals surface area (Å²) in [5.41, 5.74) is 6.79. The molecule has 0 spiro atoms. The Morgan fingerprint density at radius 3 is 2.03 bits per heavy atom. The minimum atomic E-state index is 0.870. The molecule has 0 radical (unpaired) electrons. The second-order valence-corrected chi connectivity index (χ2v) is 7.41. The number of nitrogens with zero attached hydrogens (tertiary/aromatic N) is 3. The van der Waals surface area contributed by atoms with Crippen LogP contribution in [-0.2, 0) is 0 Å². The lowest BCUT2D eigenvalue weighted by molar-refractivity contribution is 1.29. The molecule has 140 valence electrons. The highest BCUT2D eigenvalue weighted by Gasteiger charge is 2.07. The molecule has 0 unspecified atom stereocenters. The zero-order valence-corrected chi connectivity index (χ0v) is 16.2. The van der Waals surface area contributed by atoms with Crippen LogP contribution in [0.15, 0.2) is 103 Å². The van der Waals surface area contributed by atoms with Crippen LogP contribution in [0.4, 0.5) is 0 Å². The molecule has 4 aromatic carbocycles. The molecule has 0 amide bonds. The van der Waals surface area contributed by atoms with Gasteiger partial charge in [-0.3, -0.25) is 4.98 Å². The zero-order valence-electron chi connectivity index (χ0n) is 16.2. The summed E-state index contributed by atoms with van der Waals surface area (Å²) in [6.07, 6.45) is 1.83. The summed E-state index contributed by atoms with van der Waals surface area (Å²) in [6, 6.07) is 33.3. The highest BCUT2D eigenvalue weighted by molar-refractivity contribution is 5.89. The van der Waals surface area contributed by atoms with Gasteiger partial charge in [0.1, 0.15) is 0 Å². The molecule has 3 nitrogen and oxygen atoms in total. The average molecular weight is 383 g/mol. The number of aromatic nitrogens is 3. The zero-order chi connectivity index (χ0) is 19.9. The van der Waals surface area contributed by atoms with Crippen molar-refractivity contribution in [3.8, 4) is 22.5 Å². The molecule has 3 heteroatoms. The van der Waals surface area contributed by atoms with E-state index in [-0.39, 0.29) is 0 Å². The van der Waals surface area contributed by atoms with Gasteiger partial charge in [0.25, 0.3) is 0 Å². The molecule has 0 atom stereocenters. The van der Waals surface area contributed by atoms with Crippen LogP contribution in [0, 0.1) is 0 Å². The largest absolute Gasteiger partial charge is 0.252 e. The van der Waals surface area contributed by atoms with E-state index in [1.807, 2.05) is 30.5 Å². The predicted octanol–water partition coefficient (Wildman–Crippen LogP) is 6.67. The Morgan fingerprint density at radius 1 is 0.433 bits per heavy atom. The number of para-hydroxylation sites is 2. The second kappa shape index (κ2) is 6.75. The fourth-order valence-corrected chi connectivity index (χ4v) is 3.89. The van der Waals surface area contributed by atoms with Gasteiger partial charge in [0.15, 0.2) is 0 Å². The number of hydrogen-bond acceptors (Lipinski definition) is 3. The topological polar surface area (TPSA) is 38.7 Å².